The SMILES string of the molecule is CC(N=C1NC2(CCCC2)CS1)c1cnn(C)c1. The van der Waals surface area contributed by atoms with Gasteiger partial charge in [0.15, 0.2) is 5.17 Å². The zero-order chi connectivity index (χ0) is 12.6. The standard InChI is InChI=1S/C13H20N4S/c1-10(11-7-14-17(2)8-11)15-12-16-13(9-18-12)5-3-4-6-13/h7-8,10H,3-6,9H2,1-2H3,(H,15,16). The molecule has 1 aliphatic heterocycles. The van der Waals surface area contributed by atoms with Crippen LogP contribution < -0.4 is 5.32 Å². The Morgan fingerprint density at radius 3 is 2.94 bits per heavy atom. The van der Waals surface area contributed by atoms with Crippen LogP contribution in [0.15, 0.2) is 17.4 Å². The van der Waals surface area contributed by atoms with Gasteiger partial charge < -0.3 is 5.32 Å². The molecule has 0 aromatic carbocycles. The zero-order valence-corrected chi connectivity index (χ0v) is 11.8. The molecule has 18 heavy (non-hydrogen) atoms. The van der Waals surface area contributed by atoms with Crippen molar-refractivity contribution in [3.05, 3.63) is 18.0 Å². The normalized spacial score (nSPS) is 25.8. The first-order valence-corrected chi connectivity index (χ1v) is 7.63. The van der Waals surface area contributed by atoms with Crippen molar-refractivity contribution in [1.29, 1.82) is 0 Å². The van der Waals surface area contributed by atoms with Crippen LogP contribution in [0.3, 0.4) is 0 Å². The smallest absolute Gasteiger partial charge is 0.157 e. The number of rotatable bonds is 2. The monoisotopic (exact) mass is 264 g/mol. The molecule has 1 aromatic heterocycles. The van der Waals surface area contributed by atoms with Crippen LogP contribution in [0.5, 0.6) is 0 Å². The predicted molar refractivity (Wildman–Crippen MR) is 75.9 cm³/mol. The third-order valence-electron chi connectivity index (χ3n) is 3.94. The van der Waals surface area contributed by atoms with E-state index in [4.69, 9.17) is 4.99 Å². The van der Waals surface area contributed by atoms with E-state index in [9.17, 15) is 0 Å². The molecule has 4 nitrogen and oxygen atoms in total. The van der Waals surface area contributed by atoms with Gasteiger partial charge in [-0.1, -0.05) is 24.6 Å². The number of amidine groups is 1. The van der Waals surface area contributed by atoms with E-state index in [2.05, 4.69) is 17.3 Å². The van der Waals surface area contributed by atoms with Crippen molar-refractivity contribution in [1.82, 2.24) is 15.1 Å². The Bertz CT molecular complexity index is 459. The van der Waals surface area contributed by atoms with Gasteiger partial charge in [-0.15, -0.1) is 0 Å². The van der Waals surface area contributed by atoms with Gasteiger partial charge in [-0.25, -0.2) is 0 Å². The molecule has 2 heterocycles. The van der Waals surface area contributed by atoms with Gasteiger partial charge >= 0.3 is 0 Å². The highest BCUT2D eigenvalue weighted by Crippen LogP contribution is 2.38. The number of nitrogens with zero attached hydrogens (tertiary/aromatic N) is 3. The molecule has 1 N–H and O–H groups in total. The van der Waals surface area contributed by atoms with Crippen LogP contribution >= 0.6 is 11.8 Å². The van der Waals surface area contributed by atoms with Crippen molar-refractivity contribution in [2.24, 2.45) is 12.0 Å². The number of hydrogen-bond donors (Lipinski definition) is 1. The Kier molecular flexibility index (Phi) is 3.09. The first-order valence-electron chi connectivity index (χ1n) is 6.64. The Balaban J connectivity index is 1.70. The molecule has 1 atom stereocenters. The summed E-state index contributed by atoms with van der Waals surface area (Å²) >= 11 is 1.88. The highest BCUT2D eigenvalue weighted by molar-refractivity contribution is 8.14. The Labute approximate surface area is 112 Å². The summed E-state index contributed by atoms with van der Waals surface area (Å²) in [6, 6.07) is 0.185. The predicted octanol–water partition coefficient (Wildman–Crippen LogP) is 2.49. The molecule has 0 radical (unpaired) electrons. The van der Waals surface area contributed by atoms with E-state index in [1.54, 1.807) is 0 Å². The first-order chi connectivity index (χ1) is 8.67. The van der Waals surface area contributed by atoms with Crippen molar-refractivity contribution >= 4 is 16.9 Å². The van der Waals surface area contributed by atoms with Crippen molar-refractivity contribution in [3.8, 4) is 0 Å². The van der Waals surface area contributed by atoms with Crippen molar-refractivity contribution in [2.45, 2.75) is 44.2 Å². The summed E-state index contributed by atoms with van der Waals surface area (Å²) < 4.78 is 1.83. The summed E-state index contributed by atoms with van der Waals surface area (Å²) in [5.74, 6) is 1.19. The second kappa shape index (κ2) is 4.61. The highest BCUT2D eigenvalue weighted by atomic mass is 32.2. The third-order valence-corrected chi connectivity index (χ3v) is 5.11. The summed E-state index contributed by atoms with van der Waals surface area (Å²) in [4.78, 5) is 4.79. The Morgan fingerprint density at radius 2 is 2.28 bits per heavy atom. The lowest BCUT2D eigenvalue weighted by Gasteiger charge is -2.22. The molecule has 0 amide bonds. The number of thioether (sulfide) groups is 1. The van der Waals surface area contributed by atoms with E-state index in [-0.39, 0.29) is 6.04 Å². The van der Waals surface area contributed by atoms with Crippen LogP contribution in [0, 0.1) is 0 Å². The minimum absolute atomic E-state index is 0.185. The fourth-order valence-electron chi connectivity index (χ4n) is 2.80. The van der Waals surface area contributed by atoms with Gasteiger partial charge in [0.1, 0.15) is 0 Å². The number of nitrogens with one attached hydrogen (secondary N) is 1. The third kappa shape index (κ3) is 2.28. The maximum atomic E-state index is 4.79. The van der Waals surface area contributed by atoms with E-state index in [0.29, 0.717) is 5.54 Å². The van der Waals surface area contributed by atoms with Crippen LogP contribution in [0.2, 0.25) is 0 Å². The largest absolute Gasteiger partial charge is 0.359 e. The molecule has 1 saturated carbocycles. The van der Waals surface area contributed by atoms with E-state index in [1.165, 1.54) is 37.0 Å². The van der Waals surface area contributed by atoms with Gasteiger partial charge in [-0.05, 0) is 19.8 Å². The molecule has 1 spiro atoms. The molecule has 1 unspecified atom stereocenters. The quantitative estimate of drug-likeness (QED) is 0.892. The zero-order valence-electron chi connectivity index (χ0n) is 11.0. The number of hydrogen-bond acceptors (Lipinski definition) is 3. The summed E-state index contributed by atoms with van der Waals surface area (Å²) in [6.45, 7) is 2.13. The minimum atomic E-state index is 0.185. The number of aromatic nitrogens is 2. The maximum absolute atomic E-state index is 4.79. The van der Waals surface area contributed by atoms with Gasteiger partial charge in [-0.3, -0.25) is 9.67 Å². The van der Waals surface area contributed by atoms with Crippen molar-refractivity contribution < 1.29 is 0 Å². The van der Waals surface area contributed by atoms with E-state index >= 15 is 0 Å². The second-order valence-electron chi connectivity index (χ2n) is 5.46. The molecular formula is C13H20N4S. The second-order valence-corrected chi connectivity index (χ2v) is 6.42. The first kappa shape index (κ1) is 12.1. The summed E-state index contributed by atoms with van der Waals surface area (Å²) in [6.07, 6.45) is 9.28. The van der Waals surface area contributed by atoms with Crippen molar-refractivity contribution in [2.75, 3.05) is 5.75 Å². The molecule has 5 heteroatoms. The van der Waals surface area contributed by atoms with Crippen LogP contribution in [0.25, 0.3) is 0 Å². The molecule has 98 valence electrons. The minimum Gasteiger partial charge on any atom is -0.359 e. The Hall–Kier alpha value is -0.970. The molecule has 0 bridgehead atoms. The average molecular weight is 264 g/mol. The van der Waals surface area contributed by atoms with Crippen LogP contribution in [-0.2, 0) is 7.05 Å². The average Bonchev–Trinajstić information content (AvgIpc) is 3.03. The topological polar surface area (TPSA) is 42.2 Å². The van der Waals surface area contributed by atoms with Gasteiger partial charge in [-0.2, -0.15) is 5.10 Å². The Morgan fingerprint density at radius 1 is 1.50 bits per heavy atom. The summed E-state index contributed by atoms with van der Waals surface area (Å²) in [5, 5.41) is 8.98. The van der Waals surface area contributed by atoms with Gasteiger partial charge in [0, 0.05) is 30.1 Å². The molecule has 1 aromatic rings. The maximum Gasteiger partial charge on any atom is 0.157 e. The van der Waals surface area contributed by atoms with Crippen molar-refractivity contribution in [3.63, 3.8) is 0 Å². The molecule has 1 saturated heterocycles. The lowest BCUT2D eigenvalue weighted by Crippen LogP contribution is -2.40. The van der Waals surface area contributed by atoms with E-state index < -0.39 is 0 Å². The van der Waals surface area contributed by atoms with Crippen LogP contribution in [0.4, 0.5) is 0 Å². The molecule has 2 aliphatic rings. The molecular weight excluding hydrogens is 244 g/mol. The fourth-order valence-corrected chi connectivity index (χ4v) is 4.10. The lowest BCUT2D eigenvalue weighted by atomic mass is 10.0. The summed E-state index contributed by atoms with van der Waals surface area (Å²) in [5.41, 5.74) is 1.54. The molecule has 1 aliphatic carbocycles. The fraction of sp³-hybridized carbons (Fsp3) is 0.692. The number of aryl methyl sites for hydroxylation is 1. The van der Waals surface area contributed by atoms with Gasteiger partial charge in [0.2, 0.25) is 0 Å². The summed E-state index contributed by atoms with van der Waals surface area (Å²) in [7, 11) is 1.94. The highest BCUT2D eigenvalue weighted by Gasteiger charge is 2.39. The molecule has 2 fully saturated rings. The van der Waals surface area contributed by atoms with E-state index in [0.717, 1.165) is 5.17 Å². The molecule has 3 rings (SSSR count). The van der Waals surface area contributed by atoms with Crippen LogP contribution in [0.1, 0.15) is 44.2 Å². The number of aliphatic imine (C=N–C) groups is 1. The van der Waals surface area contributed by atoms with Gasteiger partial charge in [0.05, 0.1) is 12.2 Å². The van der Waals surface area contributed by atoms with E-state index in [1.807, 2.05) is 35.9 Å². The lowest BCUT2D eigenvalue weighted by molar-refractivity contribution is 0.452. The van der Waals surface area contributed by atoms with Crippen LogP contribution in [-0.4, -0.2) is 26.2 Å². The van der Waals surface area contributed by atoms with Gasteiger partial charge in [0.25, 0.3) is 0 Å².